The second-order valence-electron chi connectivity index (χ2n) is 8.70. The van der Waals surface area contributed by atoms with Crippen LogP contribution in [0.15, 0.2) is 41.4 Å². The van der Waals surface area contributed by atoms with Gasteiger partial charge in [-0.2, -0.15) is 5.26 Å². The first-order valence-electron chi connectivity index (χ1n) is 11.7. The predicted molar refractivity (Wildman–Crippen MR) is 138 cm³/mol. The molecule has 0 spiro atoms. The van der Waals surface area contributed by atoms with Crippen molar-refractivity contribution in [3.05, 3.63) is 52.6 Å². The summed E-state index contributed by atoms with van der Waals surface area (Å²) >= 11 is 0. The monoisotopic (exact) mass is 484 g/mol. The number of carbonyl (C=O) groups is 3. The van der Waals surface area contributed by atoms with Crippen LogP contribution in [-0.4, -0.2) is 41.3 Å². The average molecular weight is 485 g/mol. The van der Waals surface area contributed by atoms with Crippen molar-refractivity contribution >= 4 is 32.5 Å². The Balaban J connectivity index is 0.00000129. The minimum Gasteiger partial charge on any atom is -0.404 e. The van der Waals surface area contributed by atoms with Gasteiger partial charge in [0.15, 0.2) is 5.78 Å². The van der Waals surface area contributed by atoms with E-state index in [0.717, 1.165) is 34.7 Å². The van der Waals surface area contributed by atoms with E-state index < -0.39 is 16.1 Å². The SMILES string of the molecule is CC1=C(c2ccc(C(C)NC(=O)C3CCCN3C(=O)CC(=O)/C=C\N)cc2)S1(C)C#N.CCC. The largest absolute Gasteiger partial charge is 0.404 e. The van der Waals surface area contributed by atoms with Crippen molar-refractivity contribution in [2.75, 3.05) is 12.8 Å². The quantitative estimate of drug-likeness (QED) is 0.340. The highest BCUT2D eigenvalue weighted by Crippen LogP contribution is 2.78. The minimum atomic E-state index is -1.38. The van der Waals surface area contributed by atoms with Crippen molar-refractivity contribution in [3.8, 4) is 5.40 Å². The lowest BCUT2D eigenvalue weighted by Crippen LogP contribution is -2.46. The summed E-state index contributed by atoms with van der Waals surface area (Å²) in [5, 5.41) is 14.8. The zero-order valence-electron chi connectivity index (χ0n) is 20.8. The lowest BCUT2D eigenvalue weighted by molar-refractivity contribution is -0.140. The van der Waals surface area contributed by atoms with Crippen molar-refractivity contribution < 1.29 is 14.4 Å². The number of hydrogen-bond donors (Lipinski definition) is 2. The first kappa shape index (κ1) is 27.2. The molecule has 1 fully saturated rings. The highest BCUT2D eigenvalue weighted by Gasteiger charge is 2.42. The van der Waals surface area contributed by atoms with E-state index in [0.29, 0.717) is 13.0 Å². The summed E-state index contributed by atoms with van der Waals surface area (Å²) in [6.07, 6.45) is 6.54. The van der Waals surface area contributed by atoms with E-state index >= 15 is 0 Å². The summed E-state index contributed by atoms with van der Waals surface area (Å²) < 4.78 is 0. The maximum absolute atomic E-state index is 12.8. The topological polar surface area (TPSA) is 116 Å². The Kier molecular flexibility index (Phi) is 9.51. The highest BCUT2D eigenvalue weighted by molar-refractivity contribution is 8.53. The van der Waals surface area contributed by atoms with Gasteiger partial charge in [0.05, 0.1) is 12.5 Å². The number of amides is 2. The van der Waals surface area contributed by atoms with Crippen molar-refractivity contribution in [2.45, 2.75) is 65.5 Å². The second kappa shape index (κ2) is 11.9. The summed E-state index contributed by atoms with van der Waals surface area (Å²) in [5.74, 6) is -0.942. The molecule has 2 aliphatic heterocycles. The fourth-order valence-electron chi connectivity index (χ4n) is 4.04. The van der Waals surface area contributed by atoms with Gasteiger partial charge in [-0.05, 0) is 61.3 Å². The number of nitriles is 1. The van der Waals surface area contributed by atoms with Crippen LogP contribution in [0.25, 0.3) is 4.91 Å². The Morgan fingerprint density at radius 3 is 2.44 bits per heavy atom. The first-order valence-corrected chi connectivity index (χ1v) is 13.7. The zero-order chi connectivity index (χ0) is 25.5. The molecular formula is C26H36N4O3S. The molecule has 0 radical (unpaired) electrons. The molecule has 2 aliphatic rings. The molecule has 2 amide bonds. The van der Waals surface area contributed by atoms with Crippen molar-refractivity contribution in [1.82, 2.24) is 10.2 Å². The van der Waals surface area contributed by atoms with Gasteiger partial charge in [-0.3, -0.25) is 14.4 Å². The van der Waals surface area contributed by atoms with E-state index in [4.69, 9.17) is 5.73 Å². The third-order valence-electron chi connectivity index (χ3n) is 6.00. The van der Waals surface area contributed by atoms with Crippen molar-refractivity contribution in [3.63, 3.8) is 0 Å². The van der Waals surface area contributed by atoms with Crippen LogP contribution in [0.3, 0.4) is 0 Å². The van der Waals surface area contributed by atoms with Crippen LogP contribution in [0.2, 0.25) is 0 Å². The summed E-state index contributed by atoms with van der Waals surface area (Å²) in [6, 6.07) is 7.12. The van der Waals surface area contributed by atoms with Crippen LogP contribution in [0.5, 0.6) is 0 Å². The van der Waals surface area contributed by atoms with Gasteiger partial charge >= 0.3 is 0 Å². The van der Waals surface area contributed by atoms with Gasteiger partial charge in [-0.15, -0.1) is 10.0 Å². The molecular weight excluding hydrogens is 448 g/mol. The molecule has 3 atom stereocenters. The molecule has 3 rings (SSSR count). The number of rotatable bonds is 7. The van der Waals surface area contributed by atoms with Gasteiger partial charge in [0.1, 0.15) is 11.4 Å². The second-order valence-corrected chi connectivity index (χ2v) is 11.7. The van der Waals surface area contributed by atoms with E-state index in [1.807, 2.05) is 44.4 Å². The number of benzene rings is 1. The Morgan fingerprint density at radius 1 is 1.29 bits per heavy atom. The van der Waals surface area contributed by atoms with E-state index in [2.05, 4.69) is 24.6 Å². The molecule has 8 heteroatoms. The summed E-state index contributed by atoms with van der Waals surface area (Å²) in [4.78, 5) is 40.8. The van der Waals surface area contributed by atoms with Crippen LogP contribution >= 0.6 is 10.0 Å². The normalized spacial score (nSPS) is 23.9. The molecule has 1 saturated heterocycles. The minimum absolute atomic E-state index is 0.216. The standard InChI is InChI=1S/C23H28N4O3S.C3H8/c1-15(17-6-8-18(9-7-17)22-16(2)31(22,3)14-25)26-23(30)20-5-4-12-27(20)21(29)13-19(28)10-11-24;1-3-2/h6-11,15,20H,4-5,12-13,24H2,1-3H3,(H,26,30);3H2,1-2H3/b11-10-;. The number of likely N-dealkylation sites (tertiary alicyclic amines) is 1. The van der Waals surface area contributed by atoms with Gasteiger partial charge in [0, 0.05) is 11.4 Å². The van der Waals surface area contributed by atoms with Gasteiger partial charge in [-0.1, -0.05) is 44.5 Å². The van der Waals surface area contributed by atoms with Crippen LogP contribution in [-0.2, 0) is 14.4 Å². The van der Waals surface area contributed by atoms with E-state index in [9.17, 15) is 19.6 Å². The number of allylic oxidation sites excluding steroid dienone is 2. The van der Waals surface area contributed by atoms with Crippen molar-refractivity contribution in [2.24, 2.45) is 5.73 Å². The van der Waals surface area contributed by atoms with Gasteiger partial charge in [0.2, 0.25) is 11.8 Å². The molecule has 0 aromatic heterocycles. The zero-order valence-corrected chi connectivity index (χ0v) is 21.6. The Labute approximate surface area is 204 Å². The lowest BCUT2D eigenvalue weighted by Gasteiger charge is -2.25. The van der Waals surface area contributed by atoms with Crippen LogP contribution in [0.1, 0.15) is 70.5 Å². The summed E-state index contributed by atoms with van der Waals surface area (Å²) in [6.45, 7) is 8.63. The Morgan fingerprint density at radius 2 is 1.91 bits per heavy atom. The van der Waals surface area contributed by atoms with Crippen LogP contribution in [0, 0.1) is 10.7 Å². The molecule has 0 aliphatic carbocycles. The molecule has 3 unspecified atom stereocenters. The van der Waals surface area contributed by atoms with E-state index in [-0.39, 0.29) is 30.1 Å². The fraction of sp³-hybridized carbons (Fsp3) is 0.462. The van der Waals surface area contributed by atoms with E-state index in [1.165, 1.54) is 16.2 Å². The molecule has 34 heavy (non-hydrogen) atoms. The number of ketones is 1. The lowest BCUT2D eigenvalue weighted by atomic mass is 10.0. The van der Waals surface area contributed by atoms with Crippen LogP contribution < -0.4 is 11.1 Å². The molecule has 0 bridgehead atoms. The molecule has 3 N–H and O–H groups in total. The maximum Gasteiger partial charge on any atom is 0.243 e. The number of carbonyl (C=O) groups excluding carboxylic acids is 3. The number of nitrogens with zero attached hydrogens (tertiary/aromatic N) is 2. The van der Waals surface area contributed by atoms with E-state index in [1.54, 1.807) is 0 Å². The highest BCUT2D eigenvalue weighted by atomic mass is 32.3. The van der Waals surface area contributed by atoms with Gasteiger partial charge in [0.25, 0.3) is 0 Å². The van der Waals surface area contributed by atoms with Crippen LogP contribution in [0.4, 0.5) is 0 Å². The number of nitrogens with two attached hydrogens (primary N) is 1. The number of thiocyanates is 1. The smallest absolute Gasteiger partial charge is 0.243 e. The Hall–Kier alpha value is -3.05. The molecule has 7 nitrogen and oxygen atoms in total. The predicted octanol–water partition coefficient (Wildman–Crippen LogP) is 4.32. The number of hydrogen-bond acceptors (Lipinski definition) is 5. The summed E-state index contributed by atoms with van der Waals surface area (Å²) in [7, 11) is -1.38. The Bertz CT molecular complexity index is 1030. The summed E-state index contributed by atoms with van der Waals surface area (Å²) in [5.41, 5.74) is 7.20. The fourth-order valence-corrected chi connectivity index (χ4v) is 6.21. The van der Waals surface area contributed by atoms with Gasteiger partial charge in [-0.25, -0.2) is 0 Å². The first-order chi connectivity index (χ1) is 16.1. The van der Waals surface area contributed by atoms with Crippen molar-refractivity contribution in [1.29, 1.82) is 5.26 Å². The molecule has 0 saturated carbocycles. The van der Waals surface area contributed by atoms with Gasteiger partial charge < -0.3 is 16.0 Å². The molecule has 1 aromatic carbocycles. The molecule has 2 heterocycles. The third-order valence-corrected chi connectivity index (χ3v) is 8.94. The molecule has 184 valence electrons. The average Bonchev–Trinajstić information content (AvgIpc) is 3.14. The number of nitrogens with one attached hydrogen (secondary N) is 1. The third kappa shape index (κ3) is 6.09. The molecule has 1 aromatic rings. The maximum atomic E-state index is 12.8.